The van der Waals surface area contributed by atoms with Crippen molar-refractivity contribution < 1.29 is 31.1 Å². The lowest BCUT2D eigenvalue weighted by atomic mass is 9.87. The first-order valence-corrected chi connectivity index (χ1v) is 15.3. The number of hydrogen-bond donors (Lipinski definition) is 4. The van der Waals surface area contributed by atoms with Gasteiger partial charge in [0, 0.05) is 37.5 Å². The zero-order valence-corrected chi connectivity index (χ0v) is 25.0. The van der Waals surface area contributed by atoms with Crippen LogP contribution >= 0.6 is 0 Å². The van der Waals surface area contributed by atoms with Gasteiger partial charge in [-0.25, -0.2) is 4.98 Å². The molecule has 1 atom stereocenters. The van der Waals surface area contributed by atoms with Crippen LogP contribution in [0.1, 0.15) is 50.1 Å². The average Bonchev–Trinajstić information content (AvgIpc) is 3.61. The number of hydrogen-bond acceptors (Lipinski definition) is 11. The number of likely N-dealkylation sites (tertiary alicyclic amines) is 1. The van der Waals surface area contributed by atoms with E-state index >= 15 is 0 Å². The molecule has 2 aromatic carbocycles. The second-order valence-electron chi connectivity index (χ2n) is 10.7. The van der Waals surface area contributed by atoms with Crippen molar-refractivity contribution in [2.24, 2.45) is 12.8 Å². The molecule has 0 radical (unpaired) electrons. The van der Waals surface area contributed by atoms with Crippen molar-refractivity contribution in [2.75, 3.05) is 31.6 Å². The maximum atomic E-state index is 14.0. The Bertz CT molecular complexity index is 1680. The second-order valence-corrected chi connectivity index (χ2v) is 11.8. The Morgan fingerprint density at radius 3 is 2.53 bits per heavy atom. The van der Waals surface area contributed by atoms with Gasteiger partial charge in [-0.05, 0) is 50.5 Å². The number of nitrogens with one attached hydrogen (secondary N) is 3. The van der Waals surface area contributed by atoms with E-state index in [0.29, 0.717) is 36.4 Å². The van der Waals surface area contributed by atoms with Gasteiger partial charge in [-0.1, -0.05) is 6.92 Å². The van der Waals surface area contributed by atoms with E-state index in [1.54, 1.807) is 47.7 Å². The van der Waals surface area contributed by atoms with Gasteiger partial charge in [0.05, 0.1) is 30.8 Å². The lowest BCUT2D eigenvalue weighted by Gasteiger charge is -2.36. The Morgan fingerprint density at radius 2 is 1.88 bits per heavy atom. The number of nitrogens with two attached hydrogens (primary N) is 1. The summed E-state index contributed by atoms with van der Waals surface area (Å²) in [6, 6.07) is 8.52. The third-order valence-corrected chi connectivity index (χ3v) is 8.34. The molecular weight excluding hydrogens is 578 g/mol. The monoisotopic (exact) mass is 613 g/mol. The number of imidazole rings is 1. The Kier molecular flexibility index (Phi) is 8.21. The van der Waals surface area contributed by atoms with Crippen molar-refractivity contribution in [1.82, 2.24) is 19.8 Å². The van der Waals surface area contributed by atoms with Crippen molar-refractivity contribution >= 4 is 44.8 Å². The van der Waals surface area contributed by atoms with Crippen LogP contribution in [-0.4, -0.2) is 66.8 Å². The summed E-state index contributed by atoms with van der Waals surface area (Å²) in [6.07, 6.45) is 2.30. The number of fused-ring (bicyclic) bond motifs is 4. The number of benzene rings is 2. The molecule has 2 bridgehead atoms. The lowest BCUT2D eigenvalue weighted by molar-refractivity contribution is -0.144. The number of amides is 1. The Labute approximate surface area is 249 Å². The number of aromatic nitrogens is 2. The SMILES string of the molecule is CCCOC(=O)CN[C@@](C)(C(=O)N1CCCC1)c1c2cc3c(nc(CNc4ccc(C(=N)N)cc4)n3C)c1OS(=O)(=O)O2. The molecule has 5 rings (SSSR count). The Hall–Kier alpha value is -4.37. The van der Waals surface area contributed by atoms with Crippen LogP contribution in [0.2, 0.25) is 0 Å². The van der Waals surface area contributed by atoms with Gasteiger partial charge in [0.2, 0.25) is 5.91 Å². The maximum absolute atomic E-state index is 14.0. The van der Waals surface area contributed by atoms with Gasteiger partial charge in [-0.2, -0.15) is 0 Å². The summed E-state index contributed by atoms with van der Waals surface area (Å²) < 4.78 is 43.0. The molecule has 0 spiro atoms. The van der Waals surface area contributed by atoms with E-state index in [4.69, 9.17) is 29.2 Å². The zero-order valence-electron chi connectivity index (χ0n) is 24.2. The summed E-state index contributed by atoms with van der Waals surface area (Å²) in [5.41, 5.74) is 6.14. The smallest absolute Gasteiger partial charge is 0.465 e. The Balaban J connectivity index is 1.56. The summed E-state index contributed by atoms with van der Waals surface area (Å²) in [7, 11) is -2.73. The number of esters is 1. The first kappa shape index (κ1) is 30.1. The molecule has 2 aliphatic heterocycles. The second kappa shape index (κ2) is 11.7. The van der Waals surface area contributed by atoms with Crippen LogP contribution in [0.3, 0.4) is 0 Å². The molecule has 14 nitrogen and oxygen atoms in total. The minimum absolute atomic E-state index is 0.0358. The number of rotatable bonds is 11. The molecule has 3 aromatic rings. The largest absolute Gasteiger partial charge is 0.501 e. The van der Waals surface area contributed by atoms with E-state index < -0.39 is 21.9 Å². The van der Waals surface area contributed by atoms with E-state index in [0.717, 1.165) is 18.5 Å². The highest BCUT2D eigenvalue weighted by Gasteiger charge is 2.48. The van der Waals surface area contributed by atoms with Crippen molar-refractivity contribution in [3.05, 3.63) is 47.3 Å². The Morgan fingerprint density at radius 1 is 1.19 bits per heavy atom. The van der Waals surface area contributed by atoms with Crippen LogP contribution in [0.15, 0.2) is 30.3 Å². The molecule has 1 fully saturated rings. The van der Waals surface area contributed by atoms with Gasteiger partial charge in [-0.15, -0.1) is 8.42 Å². The van der Waals surface area contributed by atoms with Crippen LogP contribution in [0.25, 0.3) is 11.0 Å². The molecule has 0 saturated carbocycles. The minimum atomic E-state index is -4.50. The molecule has 5 N–H and O–H groups in total. The summed E-state index contributed by atoms with van der Waals surface area (Å²) in [5.74, 6) is -0.640. The van der Waals surface area contributed by atoms with Crippen LogP contribution in [0, 0.1) is 5.41 Å². The van der Waals surface area contributed by atoms with E-state index in [9.17, 15) is 18.0 Å². The highest BCUT2D eigenvalue weighted by Crippen LogP contribution is 2.47. The predicted octanol–water partition coefficient (Wildman–Crippen LogP) is 1.87. The van der Waals surface area contributed by atoms with Crippen LogP contribution in [0.5, 0.6) is 11.5 Å². The number of amidine groups is 1. The first-order valence-electron chi connectivity index (χ1n) is 14.0. The number of ether oxygens (including phenoxy) is 1. The number of carbonyl (C=O) groups is 2. The number of nitrogens with zero attached hydrogens (tertiary/aromatic N) is 3. The van der Waals surface area contributed by atoms with Crippen LogP contribution < -0.4 is 24.7 Å². The third-order valence-electron chi connectivity index (χ3n) is 7.59. The summed E-state index contributed by atoms with van der Waals surface area (Å²) >= 11 is 0. The lowest BCUT2D eigenvalue weighted by Crippen LogP contribution is -2.55. The number of anilines is 1. The van der Waals surface area contributed by atoms with E-state index in [1.165, 1.54) is 6.07 Å². The molecule has 230 valence electrons. The van der Waals surface area contributed by atoms with Crippen LogP contribution in [-0.2, 0) is 43.9 Å². The van der Waals surface area contributed by atoms with Gasteiger partial charge in [0.15, 0.2) is 11.5 Å². The summed E-state index contributed by atoms with van der Waals surface area (Å²) in [5, 5.41) is 13.8. The van der Waals surface area contributed by atoms with E-state index in [1.807, 2.05) is 6.92 Å². The normalized spacial score (nSPS) is 16.7. The van der Waals surface area contributed by atoms with Crippen LogP contribution in [0.4, 0.5) is 5.69 Å². The first-order chi connectivity index (χ1) is 20.4. The van der Waals surface area contributed by atoms with Crippen molar-refractivity contribution in [3.8, 4) is 11.5 Å². The molecule has 1 saturated heterocycles. The molecule has 0 unspecified atom stereocenters. The van der Waals surface area contributed by atoms with Gasteiger partial charge in [-0.3, -0.25) is 20.3 Å². The predicted molar refractivity (Wildman–Crippen MR) is 158 cm³/mol. The number of aryl methyl sites for hydroxylation is 1. The topological polar surface area (TPSA) is 191 Å². The summed E-state index contributed by atoms with van der Waals surface area (Å²) in [4.78, 5) is 32.9. The van der Waals surface area contributed by atoms with Gasteiger partial charge in [0.1, 0.15) is 22.7 Å². The third kappa shape index (κ3) is 5.95. The quantitative estimate of drug-likeness (QED) is 0.140. The maximum Gasteiger partial charge on any atom is 0.501 e. The molecule has 3 heterocycles. The molecule has 2 aliphatic rings. The van der Waals surface area contributed by atoms with Gasteiger partial charge < -0.3 is 33.6 Å². The molecular formula is C28H35N7O7S. The fourth-order valence-corrected chi connectivity index (χ4v) is 6.05. The average molecular weight is 614 g/mol. The highest BCUT2D eigenvalue weighted by atomic mass is 32.3. The van der Waals surface area contributed by atoms with E-state index in [-0.39, 0.29) is 54.0 Å². The van der Waals surface area contributed by atoms with Crippen molar-refractivity contribution in [2.45, 2.75) is 45.2 Å². The molecule has 1 aromatic heterocycles. The standard InChI is InChI=1S/C28H35N7O7S/c1-4-13-40-22(36)16-32-28(2,27(37)35-11-5-6-12-35)23-20-14-19-24(25(23)42-43(38,39)41-20)33-21(34(19)3)15-31-18-9-7-17(8-10-18)26(29)30/h7-10,14,31-32H,4-6,11-13,15-16H2,1-3H3,(H3,29,30)/t28-/m1/s1. The van der Waals surface area contributed by atoms with Crippen molar-refractivity contribution in [3.63, 3.8) is 0 Å². The molecule has 15 heteroatoms. The fraction of sp³-hybridized carbons (Fsp3) is 0.429. The van der Waals surface area contributed by atoms with Crippen molar-refractivity contribution in [1.29, 1.82) is 5.41 Å². The fourth-order valence-electron chi connectivity index (χ4n) is 5.30. The van der Waals surface area contributed by atoms with Gasteiger partial charge >= 0.3 is 16.4 Å². The summed E-state index contributed by atoms with van der Waals surface area (Å²) in [6.45, 7) is 4.68. The number of carbonyl (C=O) groups excluding carboxylic acids is 2. The zero-order chi connectivity index (χ0) is 30.9. The van der Waals surface area contributed by atoms with Gasteiger partial charge in [0.25, 0.3) is 0 Å². The minimum Gasteiger partial charge on any atom is -0.465 e. The molecule has 0 aliphatic carbocycles. The molecule has 43 heavy (non-hydrogen) atoms. The number of nitrogen functional groups attached to an aromatic ring is 1. The molecule has 1 amide bonds. The van der Waals surface area contributed by atoms with E-state index in [2.05, 4.69) is 10.6 Å². The highest BCUT2D eigenvalue weighted by molar-refractivity contribution is 7.82.